The molecule has 0 spiro atoms. The third-order valence-electron chi connectivity index (χ3n) is 2.50. The van der Waals surface area contributed by atoms with Gasteiger partial charge in [-0.2, -0.15) is 0 Å². The second-order valence-electron chi connectivity index (χ2n) is 3.48. The first kappa shape index (κ1) is 12.0. The average Bonchev–Trinajstić information content (AvgIpc) is 2.72. The first-order valence-electron chi connectivity index (χ1n) is 5.09. The van der Waals surface area contributed by atoms with Crippen molar-refractivity contribution in [3.05, 3.63) is 0 Å². The highest BCUT2D eigenvalue weighted by Gasteiger charge is 2.25. The van der Waals surface area contributed by atoms with Gasteiger partial charge < -0.3 is 14.8 Å². The van der Waals surface area contributed by atoms with Gasteiger partial charge in [0.15, 0.2) is 0 Å². The van der Waals surface area contributed by atoms with Gasteiger partial charge in [0.2, 0.25) is 0 Å². The molecule has 1 N–H and O–H groups in total. The van der Waals surface area contributed by atoms with Crippen LogP contribution in [0.2, 0.25) is 0 Å². The molecule has 0 aliphatic carbocycles. The van der Waals surface area contributed by atoms with E-state index in [1.165, 1.54) is 0 Å². The van der Waals surface area contributed by atoms with Gasteiger partial charge in [-0.05, 0) is 19.3 Å². The molecule has 1 amide bonds. The third-order valence-corrected chi connectivity index (χ3v) is 2.50. The fourth-order valence-corrected chi connectivity index (χ4v) is 1.64. The number of rotatable bonds is 4. The van der Waals surface area contributed by atoms with Crippen LogP contribution < -0.4 is 5.32 Å². The molecule has 84 valence electrons. The Hall–Kier alpha value is -1.05. The van der Waals surface area contributed by atoms with Crippen molar-refractivity contribution in [3.8, 4) is 11.8 Å². The summed E-state index contributed by atoms with van der Waals surface area (Å²) in [7, 11) is 1.65. The molecular weight excluding hydrogens is 194 g/mol. The van der Waals surface area contributed by atoms with Gasteiger partial charge in [0.25, 0.3) is 5.91 Å². The molecule has 4 nitrogen and oxygen atoms in total. The average molecular weight is 211 g/mol. The first-order valence-corrected chi connectivity index (χ1v) is 5.09. The Labute approximate surface area is 90.3 Å². The number of hydrogen-bond donors (Lipinski definition) is 1. The molecule has 1 aliphatic heterocycles. The fraction of sp³-hybridized carbons (Fsp3) is 0.727. The molecule has 2 unspecified atom stereocenters. The Morgan fingerprint density at radius 1 is 1.73 bits per heavy atom. The van der Waals surface area contributed by atoms with Crippen molar-refractivity contribution in [2.45, 2.75) is 19.4 Å². The van der Waals surface area contributed by atoms with Crippen LogP contribution in [0, 0.1) is 17.8 Å². The maximum absolute atomic E-state index is 11.1. The van der Waals surface area contributed by atoms with E-state index in [0.717, 1.165) is 13.0 Å². The number of hydrogen-bond acceptors (Lipinski definition) is 3. The summed E-state index contributed by atoms with van der Waals surface area (Å²) in [5.74, 6) is 5.11. The molecule has 1 rings (SSSR count). The highest BCUT2D eigenvalue weighted by atomic mass is 16.5. The van der Waals surface area contributed by atoms with Gasteiger partial charge in [-0.25, -0.2) is 0 Å². The maximum Gasteiger partial charge on any atom is 0.295 e. The first-order chi connectivity index (χ1) is 7.27. The van der Waals surface area contributed by atoms with Gasteiger partial charge in [-0.3, -0.25) is 4.79 Å². The van der Waals surface area contributed by atoms with Crippen molar-refractivity contribution in [1.82, 2.24) is 5.32 Å². The topological polar surface area (TPSA) is 47.6 Å². The monoisotopic (exact) mass is 211 g/mol. The van der Waals surface area contributed by atoms with Gasteiger partial charge in [-0.15, -0.1) is 0 Å². The van der Waals surface area contributed by atoms with Crippen LogP contribution in [0.25, 0.3) is 0 Å². The molecular formula is C11H17NO3. The Bertz CT molecular complexity index is 261. The van der Waals surface area contributed by atoms with Crippen molar-refractivity contribution in [3.63, 3.8) is 0 Å². The van der Waals surface area contributed by atoms with Crippen molar-refractivity contribution in [2.75, 3.05) is 26.9 Å². The zero-order chi connectivity index (χ0) is 11.1. The zero-order valence-corrected chi connectivity index (χ0v) is 9.21. The summed E-state index contributed by atoms with van der Waals surface area (Å²) in [6, 6.07) is 0. The summed E-state index contributed by atoms with van der Waals surface area (Å²) in [5, 5.41) is 2.72. The second kappa shape index (κ2) is 6.44. The number of carbonyl (C=O) groups excluding carboxylic acids is 1. The lowest BCUT2D eigenvalue weighted by atomic mass is 10.0. The van der Waals surface area contributed by atoms with E-state index in [2.05, 4.69) is 17.2 Å². The second-order valence-corrected chi connectivity index (χ2v) is 3.48. The summed E-state index contributed by atoms with van der Waals surface area (Å²) in [5.41, 5.74) is 0. The van der Waals surface area contributed by atoms with Gasteiger partial charge in [0.05, 0.1) is 12.7 Å². The van der Waals surface area contributed by atoms with E-state index >= 15 is 0 Å². The minimum Gasteiger partial charge on any atom is -0.381 e. The number of carbonyl (C=O) groups is 1. The van der Waals surface area contributed by atoms with E-state index in [0.29, 0.717) is 19.1 Å². The quantitative estimate of drug-likeness (QED) is 0.675. The number of amides is 1. The normalized spacial score (nSPS) is 21.6. The molecule has 0 bridgehead atoms. The molecule has 0 saturated carbocycles. The lowest BCUT2D eigenvalue weighted by molar-refractivity contribution is -0.116. The zero-order valence-electron chi connectivity index (χ0n) is 9.21. The van der Waals surface area contributed by atoms with Gasteiger partial charge >= 0.3 is 0 Å². The minimum absolute atomic E-state index is 0.0232. The van der Waals surface area contributed by atoms with Crippen molar-refractivity contribution in [1.29, 1.82) is 0 Å². The van der Waals surface area contributed by atoms with E-state index in [4.69, 9.17) is 9.47 Å². The molecule has 1 heterocycles. The molecule has 0 aromatic carbocycles. The Morgan fingerprint density at radius 3 is 3.07 bits per heavy atom. The number of methoxy groups -OCH3 is 1. The predicted molar refractivity (Wildman–Crippen MR) is 56.2 cm³/mol. The summed E-state index contributed by atoms with van der Waals surface area (Å²) >= 11 is 0. The van der Waals surface area contributed by atoms with E-state index in [-0.39, 0.29) is 12.0 Å². The Morgan fingerprint density at radius 2 is 2.53 bits per heavy atom. The van der Waals surface area contributed by atoms with Crippen LogP contribution >= 0.6 is 0 Å². The standard InChI is InChI=1S/C11H17NO3/c1-3-4-11(13)12-7-10(14-2)9-5-6-15-8-9/h9-10H,5-8H2,1-2H3,(H,12,13). The summed E-state index contributed by atoms with van der Waals surface area (Å²) in [6.45, 7) is 3.64. The molecule has 1 aliphatic rings. The number of nitrogens with one attached hydrogen (secondary N) is 1. The molecule has 0 radical (unpaired) electrons. The van der Waals surface area contributed by atoms with Crippen LogP contribution in [0.15, 0.2) is 0 Å². The lowest BCUT2D eigenvalue weighted by Gasteiger charge is -2.20. The molecule has 15 heavy (non-hydrogen) atoms. The molecule has 0 aromatic heterocycles. The SMILES string of the molecule is CC#CC(=O)NCC(OC)C1CCOC1. The number of ether oxygens (including phenoxy) is 2. The van der Waals surface area contributed by atoms with E-state index in [9.17, 15) is 4.79 Å². The lowest BCUT2D eigenvalue weighted by Crippen LogP contribution is -2.37. The largest absolute Gasteiger partial charge is 0.381 e. The fourth-order valence-electron chi connectivity index (χ4n) is 1.64. The van der Waals surface area contributed by atoms with Crippen LogP contribution in [0.4, 0.5) is 0 Å². The van der Waals surface area contributed by atoms with Gasteiger partial charge in [-0.1, -0.05) is 5.92 Å². The highest BCUT2D eigenvalue weighted by molar-refractivity contribution is 5.93. The molecule has 4 heteroatoms. The van der Waals surface area contributed by atoms with Crippen LogP contribution in [0.1, 0.15) is 13.3 Å². The summed E-state index contributed by atoms with van der Waals surface area (Å²) < 4.78 is 10.6. The Balaban J connectivity index is 2.32. The third kappa shape index (κ3) is 3.90. The van der Waals surface area contributed by atoms with E-state index in [1.807, 2.05) is 0 Å². The van der Waals surface area contributed by atoms with Crippen LogP contribution in [0.5, 0.6) is 0 Å². The van der Waals surface area contributed by atoms with Crippen molar-refractivity contribution in [2.24, 2.45) is 5.92 Å². The summed E-state index contributed by atoms with van der Waals surface area (Å²) in [6.07, 6.45) is 1.02. The molecule has 1 saturated heterocycles. The van der Waals surface area contributed by atoms with Crippen molar-refractivity contribution < 1.29 is 14.3 Å². The molecule has 2 atom stereocenters. The van der Waals surface area contributed by atoms with Gasteiger partial charge in [0, 0.05) is 26.2 Å². The Kier molecular flexibility index (Phi) is 5.16. The molecule has 1 fully saturated rings. The van der Waals surface area contributed by atoms with Crippen LogP contribution in [0.3, 0.4) is 0 Å². The van der Waals surface area contributed by atoms with Crippen LogP contribution in [-0.4, -0.2) is 38.9 Å². The van der Waals surface area contributed by atoms with E-state index in [1.54, 1.807) is 14.0 Å². The highest BCUT2D eigenvalue weighted by Crippen LogP contribution is 2.18. The predicted octanol–water partition coefficient (Wildman–Crippen LogP) is 0.177. The smallest absolute Gasteiger partial charge is 0.295 e. The summed E-state index contributed by atoms with van der Waals surface area (Å²) in [4.78, 5) is 11.1. The van der Waals surface area contributed by atoms with Crippen molar-refractivity contribution >= 4 is 5.91 Å². The van der Waals surface area contributed by atoms with E-state index < -0.39 is 0 Å². The maximum atomic E-state index is 11.1. The minimum atomic E-state index is -0.251. The van der Waals surface area contributed by atoms with Crippen LogP contribution in [-0.2, 0) is 14.3 Å². The van der Waals surface area contributed by atoms with Gasteiger partial charge in [0.1, 0.15) is 0 Å². The molecule has 0 aromatic rings.